The van der Waals surface area contributed by atoms with Crippen LogP contribution >= 0.6 is 0 Å². The van der Waals surface area contributed by atoms with Crippen LogP contribution in [-0.4, -0.2) is 78.6 Å². The van der Waals surface area contributed by atoms with Crippen LogP contribution in [0.15, 0.2) is 6.07 Å². The molecule has 3 fully saturated rings. The number of nitrogens with zero attached hydrogens (tertiary/aromatic N) is 4. The molecule has 1 atom stereocenters. The van der Waals surface area contributed by atoms with Gasteiger partial charge in [-0.1, -0.05) is 6.42 Å². The third-order valence-electron chi connectivity index (χ3n) is 5.41. The van der Waals surface area contributed by atoms with E-state index in [0.29, 0.717) is 19.0 Å². The van der Waals surface area contributed by atoms with E-state index in [1.165, 1.54) is 32.4 Å². The molecule has 4 heterocycles. The predicted octanol–water partition coefficient (Wildman–Crippen LogP) is 1.06. The third kappa shape index (κ3) is 4.22. The molecule has 7 heteroatoms. The summed E-state index contributed by atoms with van der Waals surface area (Å²) in [7, 11) is 0. The molecule has 0 aliphatic carbocycles. The van der Waals surface area contributed by atoms with Gasteiger partial charge in [-0.2, -0.15) is 4.98 Å². The second-order valence-electron chi connectivity index (χ2n) is 7.43. The van der Waals surface area contributed by atoms with Gasteiger partial charge in [0.2, 0.25) is 5.95 Å². The van der Waals surface area contributed by atoms with Crippen molar-refractivity contribution in [1.82, 2.24) is 14.9 Å². The number of rotatable bonds is 6. The first kappa shape index (κ1) is 17.0. The summed E-state index contributed by atoms with van der Waals surface area (Å²) in [5.41, 5.74) is 1.06. The minimum Gasteiger partial charge on any atom is -0.389 e. The van der Waals surface area contributed by atoms with E-state index in [-0.39, 0.29) is 6.10 Å². The van der Waals surface area contributed by atoms with E-state index >= 15 is 0 Å². The van der Waals surface area contributed by atoms with Crippen LogP contribution in [0.4, 0.5) is 11.8 Å². The number of aliphatic hydroxyl groups is 1. The Hall–Kier alpha value is -1.44. The third-order valence-corrected chi connectivity index (χ3v) is 5.41. The SMILES string of the molecule is OC1CN(c2nc(NCCN3CCCCC3)cc(C3CCOC3)n2)C1. The zero-order chi connectivity index (χ0) is 17.1. The van der Waals surface area contributed by atoms with Crippen LogP contribution in [0, 0.1) is 0 Å². The fourth-order valence-electron chi connectivity index (χ4n) is 3.81. The Morgan fingerprint density at radius 3 is 2.76 bits per heavy atom. The lowest BCUT2D eigenvalue weighted by Crippen LogP contribution is -2.51. The van der Waals surface area contributed by atoms with E-state index in [9.17, 15) is 5.11 Å². The Morgan fingerprint density at radius 2 is 2.04 bits per heavy atom. The maximum atomic E-state index is 9.58. The zero-order valence-corrected chi connectivity index (χ0v) is 14.9. The molecule has 4 rings (SSSR count). The number of nitrogens with one attached hydrogen (secondary N) is 1. The van der Waals surface area contributed by atoms with Crippen molar-refractivity contribution >= 4 is 11.8 Å². The van der Waals surface area contributed by atoms with Crippen molar-refractivity contribution in [1.29, 1.82) is 0 Å². The summed E-state index contributed by atoms with van der Waals surface area (Å²) < 4.78 is 5.53. The summed E-state index contributed by atoms with van der Waals surface area (Å²) in [6.07, 6.45) is 4.78. The highest BCUT2D eigenvalue weighted by atomic mass is 16.5. The Balaban J connectivity index is 1.41. The lowest BCUT2D eigenvalue weighted by Gasteiger charge is -2.36. The van der Waals surface area contributed by atoms with Gasteiger partial charge in [0.1, 0.15) is 5.82 Å². The smallest absolute Gasteiger partial charge is 0.227 e. The van der Waals surface area contributed by atoms with Crippen LogP contribution in [0.25, 0.3) is 0 Å². The number of aliphatic hydroxyl groups excluding tert-OH is 1. The second-order valence-corrected chi connectivity index (χ2v) is 7.43. The van der Waals surface area contributed by atoms with E-state index in [1.807, 2.05) is 4.90 Å². The van der Waals surface area contributed by atoms with Crippen LogP contribution in [0.2, 0.25) is 0 Å². The van der Waals surface area contributed by atoms with Gasteiger partial charge in [0.25, 0.3) is 0 Å². The van der Waals surface area contributed by atoms with Crippen molar-refractivity contribution in [3.8, 4) is 0 Å². The molecule has 0 radical (unpaired) electrons. The van der Waals surface area contributed by atoms with Gasteiger partial charge in [-0.3, -0.25) is 0 Å². The molecule has 3 saturated heterocycles. The highest BCUT2D eigenvalue weighted by molar-refractivity contribution is 5.46. The summed E-state index contributed by atoms with van der Waals surface area (Å²) in [6.45, 7) is 7.19. The molecule has 1 unspecified atom stereocenters. The van der Waals surface area contributed by atoms with Crippen molar-refractivity contribution in [2.45, 2.75) is 37.7 Å². The maximum Gasteiger partial charge on any atom is 0.227 e. The molecule has 2 N–H and O–H groups in total. The van der Waals surface area contributed by atoms with Crippen LogP contribution < -0.4 is 10.2 Å². The number of hydrogen-bond donors (Lipinski definition) is 2. The molecule has 0 spiro atoms. The van der Waals surface area contributed by atoms with E-state index in [2.05, 4.69) is 21.3 Å². The number of aromatic nitrogens is 2. The fraction of sp³-hybridized carbons (Fsp3) is 0.778. The van der Waals surface area contributed by atoms with Gasteiger partial charge >= 0.3 is 0 Å². The fourth-order valence-corrected chi connectivity index (χ4v) is 3.81. The van der Waals surface area contributed by atoms with Crippen LogP contribution in [0.3, 0.4) is 0 Å². The first-order chi connectivity index (χ1) is 12.3. The molecule has 0 aromatic carbocycles. The quantitative estimate of drug-likeness (QED) is 0.797. The maximum absolute atomic E-state index is 9.58. The average Bonchev–Trinajstić information content (AvgIpc) is 3.14. The minimum atomic E-state index is -0.252. The number of ether oxygens (including phenoxy) is 1. The molecular formula is C18H29N5O2. The number of likely N-dealkylation sites (tertiary alicyclic amines) is 1. The number of piperidine rings is 1. The first-order valence-electron chi connectivity index (χ1n) is 9.64. The van der Waals surface area contributed by atoms with Crippen molar-refractivity contribution in [3.63, 3.8) is 0 Å². The standard InChI is InChI=1S/C18H29N5O2/c24-15-11-23(12-15)18-20-16(14-4-9-25-13-14)10-17(21-18)19-5-8-22-6-2-1-3-7-22/h10,14-15,24H,1-9,11-13H2,(H,19,20,21). The molecule has 138 valence electrons. The zero-order valence-electron chi connectivity index (χ0n) is 14.9. The minimum absolute atomic E-state index is 0.252. The van der Waals surface area contributed by atoms with Crippen molar-refractivity contribution in [2.24, 2.45) is 0 Å². The summed E-state index contributed by atoms with van der Waals surface area (Å²) in [6, 6.07) is 2.08. The molecular weight excluding hydrogens is 318 g/mol. The molecule has 3 aliphatic rings. The average molecular weight is 347 g/mol. The topological polar surface area (TPSA) is 73.8 Å². The predicted molar refractivity (Wildman–Crippen MR) is 97.2 cm³/mol. The normalized spacial score (nSPS) is 25.2. The van der Waals surface area contributed by atoms with Gasteiger partial charge < -0.3 is 25.0 Å². The van der Waals surface area contributed by atoms with E-state index in [4.69, 9.17) is 9.72 Å². The van der Waals surface area contributed by atoms with Gasteiger partial charge in [0, 0.05) is 44.8 Å². The van der Waals surface area contributed by atoms with Crippen LogP contribution in [-0.2, 0) is 4.74 Å². The molecule has 0 saturated carbocycles. The molecule has 25 heavy (non-hydrogen) atoms. The van der Waals surface area contributed by atoms with Gasteiger partial charge in [-0.25, -0.2) is 4.98 Å². The van der Waals surface area contributed by atoms with Crippen molar-refractivity contribution in [3.05, 3.63) is 11.8 Å². The number of hydrogen-bond acceptors (Lipinski definition) is 7. The van der Waals surface area contributed by atoms with Gasteiger partial charge in [-0.05, 0) is 32.4 Å². The highest BCUT2D eigenvalue weighted by Gasteiger charge is 2.28. The Labute approximate surface area is 149 Å². The second kappa shape index (κ2) is 7.85. The molecule has 3 aliphatic heterocycles. The number of anilines is 2. The van der Waals surface area contributed by atoms with E-state index in [1.54, 1.807) is 0 Å². The molecule has 7 nitrogen and oxygen atoms in total. The molecule has 0 amide bonds. The summed E-state index contributed by atoms with van der Waals surface area (Å²) >= 11 is 0. The van der Waals surface area contributed by atoms with E-state index in [0.717, 1.165) is 50.2 Å². The Bertz CT molecular complexity index is 567. The van der Waals surface area contributed by atoms with Crippen molar-refractivity contribution in [2.75, 3.05) is 62.7 Å². The molecule has 1 aromatic heterocycles. The van der Waals surface area contributed by atoms with Crippen LogP contribution in [0.1, 0.15) is 37.3 Å². The number of β-amino-alcohol motifs (C(OH)–C–C–N with tert-alkyl or cyclic N) is 1. The van der Waals surface area contributed by atoms with Crippen LogP contribution in [0.5, 0.6) is 0 Å². The summed E-state index contributed by atoms with van der Waals surface area (Å²) in [4.78, 5) is 14.0. The molecule has 1 aromatic rings. The van der Waals surface area contributed by atoms with Gasteiger partial charge in [-0.15, -0.1) is 0 Å². The van der Waals surface area contributed by atoms with Gasteiger partial charge in [0.05, 0.1) is 18.4 Å². The molecule has 0 bridgehead atoms. The summed E-state index contributed by atoms with van der Waals surface area (Å²) in [5.74, 6) is 1.98. The highest BCUT2D eigenvalue weighted by Crippen LogP contribution is 2.28. The lowest BCUT2D eigenvalue weighted by molar-refractivity contribution is 0.140. The van der Waals surface area contributed by atoms with E-state index < -0.39 is 0 Å². The lowest BCUT2D eigenvalue weighted by atomic mass is 10.0. The monoisotopic (exact) mass is 347 g/mol. The Morgan fingerprint density at radius 1 is 1.20 bits per heavy atom. The first-order valence-corrected chi connectivity index (χ1v) is 9.64. The Kier molecular flexibility index (Phi) is 5.33. The van der Waals surface area contributed by atoms with Gasteiger partial charge in [0.15, 0.2) is 0 Å². The largest absolute Gasteiger partial charge is 0.389 e. The van der Waals surface area contributed by atoms with Crippen molar-refractivity contribution < 1.29 is 9.84 Å². The summed E-state index contributed by atoms with van der Waals surface area (Å²) in [5, 5.41) is 13.1.